The van der Waals surface area contributed by atoms with Gasteiger partial charge < -0.3 is 0 Å². The molecule has 0 nitrogen and oxygen atoms in total. The fraction of sp³-hybridized carbons (Fsp3) is 0.0909. The number of rotatable bonds is 4. The van der Waals surface area contributed by atoms with Crippen molar-refractivity contribution < 1.29 is 0 Å². The van der Waals surface area contributed by atoms with Gasteiger partial charge in [0, 0.05) is 9.79 Å². The number of hydrogen-bond acceptors (Lipinski definition) is 0. The van der Waals surface area contributed by atoms with Crippen LogP contribution >= 0.6 is 10.0 Å². The fourth-order valence-corrected chi connectivity index (χ4v) is 6.83. The van der Waals surface area contributed by atoms with E-state index in [4.69, 9.17) is 0 Å². The maximum Gasteiger partial charge on any atom is 0.00196 e. The lowest BCUT2D eigenvalue weighted by atomic mass is 10.4. The van der Waals surface area contributed by atoms with E-state index in [1.807, 2.05) is 0 Å². The summed E-state index contributed by atoms with van der Waals surface area (Å²) in [6.45, 7) is 6.60. The van der Waals surface area contributed by atoms with E-state index < -0.39 is 10.0 Å². The van der Waals surface area contributed by atoms with E-state index in [1.165, 1.54) is 19.6 Å². The summed E-state index contributed by atoms with van der Waals surface area (Å²) in [6, 6.07) is 21.6. The first-order valence-electron chi connectivity index (χ1n) is 7.89. The molecule has 3 rings (SSSR count). The van der Waals surface area contributed by atoms with Gasteiger partial charge in [0.25, 0.3) is 0 Å². The lowest BCUT2D eigenvalue weighted by Gasteiger charge is -2.43. The smallest absolute Gasteiger partial charge is 0.00196 e. The highest BCUT2D eigenvalue weighted by Crippen LogP contribution is 2.73. The van der Waals surface area contributed by atoms with Gasteiger partial charge >= 0.3 is 0 Å². The summed E-state index contributed by atoms with van der Waals surface area (Å²) in [5, 5.41) is 0. The third-order valence-electron chi connectivity index (χ3n) is 4.03. The molecule has 2 aromatic rings. The highest BCUT2D eigenvalue weighted by Gasteiger charge is 2.32. The van der Waals surface area contributed by atoms with Crippen LogP contribution in [0.25, 0.3) is 0 Å². The highest BCUT2D eigenvalue weighted by molar-refractivity contribution is 8.40. The van der Waals surface area contributed by atoms with Crippen molar-refractivity contribution in [3.8, 4) is 0 Å². The van der Waals surface area contributed by atoms with Crippen molar-refractivity contribution in [3.05, 3.63) is 107 Å². The van der Waals surface area contributed by atoms with Crippen molar-refractivity contribution in [3.63, 3.8) is 0 Å². The Morgan fingerprint density at radius 1 is 0.870 bits per heavy atom. The second-order valence-electron chi connectivity index (χ2n) is 5.57. The molecule has 0 radical (unpaired) electrons. The molecule has 23 heavy (non-hydrogen) atoms. The Balaban J connectivity index is 2.32. The number of allylic oxidation sites excluding steroid dienone is 6. The van der Waals surface area contributed by atoms with Crippen molar-refractivity contribution in [1.82, 2.24) is 0 Å². The van der Waals surface area contributed by atoms with Crippen LogP contribution in [0.2, 0.25) is 0 Å². The lowest BCUT2D eigenvalue weighted by Crippen LogP contribution is -2.05. The summed E-state index contributed by atoms with van der Waals surface area (Å²) in [5.41, 5.74) is 0. The Labute approximate surface area is 140 Å². The van der Waals surface area contributed by atoms with Gasteiger partial charge in [0.15, 0.2) is 0 Å². The first-order valence-corrected chi connectivity index (χ1v) is 9.52. The minimum Gasteiger partial charge on any atom is -0.138 e. The first kappa shape index (κ1) is 15.6. The molecule has 116 valence electrons. The van der Waals surface area contributed by atoms with E-state index in [0.717, 1.165) is 6.42 Å². The van der Waals surface area contributed by atoms with E-state index in [2.05, 4.69) is 105 Å². The summed E-state index contributed by atoms with van der Waals surface area (Å²) in [6.07, 6.45) is 12.0. The second kappa shape index (κ2) is 6.89. The van der Waals surface area contributed by atoms with Gasteiger partial charge in [-0.05, 0) is 53.5 Å². The Morgan fingerprint density at radius 3 is 1.96 bits per heavy atom. The van der Waals surface area contributed by atoms with Gasteiger partial charge in [0.05, 0.1) is 0 Å². The van der Waals surface area contributed by atoms with Gasteiger partial charge in [0.1, 0.15) is 0 Å². The number of hydrogen-bond donors (Lipinski definition) is 0. The molecule has 0 unspecified atom stereocenters. The molecule has 1 aliphatic carbocycles. The molecular formula is C22H22S. The third-order valence-corrected chi connectivity index (χ3v) is 8.05. The van der Waals surface area contributed by atoms with Crippen molar-refractivity contribution in [1.29, 1.82) is 0 Å². The average molecular weight is 318 g/mol. The highest BCUT2D eigenvalue weighted by atomic mass is 32.3. The normalized spacial score (nSPS) is 14.9. The molecule has 1 aliphatic rings. The standard InChI is InChI=1S/C22H22S/c1-19(2)23(21-15-9-5-10-16-21,22-17-11-6-12-18-22)20-13-7-3-4-8-14-20/h3-7,9-18H,1,8H2,2H3. The van der Waals surface area contributed by atoms with E-state index >= 15 is 0 Å². The summed E-state index contributed by atoms with van der Waals surface area (Å²) in [7, 11) is -1.46. The molecule has 2 aromatic carbocycles. The zero-order valence-corrected chi connectivity index (χ0v) is 14.3. The maximum atomic E-state index is 4.43. The molecule has 0 atom stereocenters. The predicted molar refractivity (Wildman–Crippen MR) is 103 cm³/mol. The molecule has 0 saturated carbocycles. The molecule has 0 N–H and O–H groups in total. The summed E-state index contributed by atoms with van der Waals surface area (Å²) < 4.78 is 0. The van der Waals surface area contributed by atoms with Gasteiger partial charge in [-0.25, -0.2) is 0 Å². The molecule has 0 heterocycles. The van der Waals surface area contributed by atoms with Crippen molar-refractivity contribution >= 4 is 10.0 Å². The zero-order chi connectivity index (χ0) is 16.1. The van der Waals surface area contributed by atoms with Gasteiger partial charge in [-0.3, -0.25) is 0 Å². The minimum atomic E-state index is -1.46. The first-order chi connectivity index (χ1) is 11.3. The quantitative estimate of drug-likeness (QED) is 0.578. The molecule has 0 aromatic heterocycles. The SMILES string of the molecule is C=C(C)S(C1=CCC=CC=C1)(c1ccccc1)c1ccccc1. The van der Waals surface area contributed by atoms with Crippen LogP contribution in [0.15, 0.2) is 117 Å². The summed E-state index contributed by atoms with van der Waals surface area (Å²) in [4.78, 5) is 5.27. The van der Waals surface area contributed by atoms with Crippen LogP contribution in [-0.4, -0.2) is 0 Å². The van der Waals surface area contributed by atoms with Gasteiger partial charge in [-0.1, -0.05) is 67.3 Å². The summed E-state index contributed by atoms with van der Waals surface area (Å²) in [5.74, 6) is 0. The molecular weight excluding hydrogens is 296 g/mol. The van der Waals surface area contributed by atoms with Crippen LogP contribution < -0.4 is 0 Å². The van der Waals surface area contributed by atoms with Gasteiger partial charge in [-0.2, -0.15) is 0 Å². The Bertz CT molecular complexity index is 725. The monoisotopic (exact) mass is 318 g/mol. The van der Waals surface area contributed by atoms with Gasteiger partial charge in [-0.15, -0.1) is 10.0 Å². The molecule has 0 amide bonds. The summed E-state index contributed by atoms with van der Waals surface area (Å²) >= 11 is 0. The van der Waals surface area contributed by atoms with E-state index in [1.54, 1.807) is 0 Å². The van der Waals surface area contributed by atoms with E-state index in [0.29, 0.717) is 0 Å². The predicted octanol–water partition coefficient (Wildman–Crippen LogP) is 6.84. The zero-order valence-electron chi connectivity index (χ0n) is 13.5. The second-order valence-corrected chi connectivity index (χ2v) is 8.91. The van der Waals surface area contributed by atoms with Crippen molar-refractivity contribution in [2.24, 2.45) is 0 Å². The molecule has 0 aliphatic heterocycles. The Kier molecular flexibility index (Phi) is 4.68. The van der Waals surface area contributed by atoms with Gasteiger partial charge in [0.2, 0.25) is 0 Å². The Morgan fingerprint density at radius 2 is 1.43 bits per heavy atom. The van der Waals surface area contributed by atoms with Crippen LogP contribution in [0.4, 0.5) is 0 Å². The largest absolute Gasteiger partial charge is 0.138 e. The molecule has 1 heteroatoms. The Hall–Kier alpha value is -2.25. The lowest BCUT2D eigenvalue weighted by molar-refractivity contribution is 1.33. The molecule has 0 bridgehead atoms. The number of benzene rings is 2. The van der Waals surface area contributed by atoms with E-state index in [-0.39, 0.29) is 0 Å². The van der Waals surface area contributed by atoms with Crippen molar-refractivity contribution in [2.75, 3.05) is 0 Å². The topological polar surface area (TPSA) is 0 Å². The minimum absolute atomic E-state index is 0.962. The maximum absolute atomic E-state index is 4.43. The molecule has 0 fully saturated rings. The van der Waals surface area contributed by atoms with E-state index in [9.17, 15) is 0 Å². The molecule has 0 spiro atoms. The van der Waals surface area contributed by atoms with Crippen molar-refractivity contribution in [2.45, 2.75) is 23.1 Å². The van der Waals surface area contributed by atoms with Crippen LogP contribution in [0.3, 0.4) is 0 Å². The van der Waals surface area contributed by atoms with Crippen LogP contribution in [0.5, 0.6) is 0 Å². The average Bonchev–Trinajstić information content (AvgIpc) is 2.87. The third kappa shape index (κ3) is 2.85. The van der Waals surface area contributed by atoms with Crippen LogP contribution in [-0.2, 0) is 0 Å². The van der Waals surface area contributed by atoms with Crippen LogP contribution in [0.1, 0.15) is 13.3 Å². The van der Waals surface area contributed by atoms with Crippen LogP contribution in [0, 0.1) is 0 Å². The molecule has 0 saturated heterocycles. The fourth-order valence-electron chi connectivity index (χ4n) is 3.05.